The van der Waals surface area contributed by atoms with Crippen molar-refractivity contribution in [2.24, 2.45) is 0 Å². The number of para-hydroxylation sites is 1. The molecule has 0 spiro atoms. The fourth-order valence-corrected chi connectivity index (χ4v) is 3.21. The molecule has 2 N–H and O–H groups in total. The van der Waals surface area contributed by atoms with Crippen molar-refractivity contribution in [2.75, 3.05) is 19.4 Å². The molecule has 2 aromatic carbocycles. The third-order valence-electron chi connectivity index (χ3n) is 3.54. The molecule has 0 fully saturated rings. The van der Waals surface area contributed by atoms with Crippen molar-refractivity contribution in [2.45, 2.75) is 17.9 Å². The van der Waals surface area contributed by atoms with Gasteiger partial charge in [-0.2, -0.15) is 0 Å². The lowest BCUT2D eigenvalue weighted by molar-refractivity contribution is 0.249. The predicted octanol–water partition coefficient (Wildman–Crippen LogP) is 2.82. The van der Waals surface area contributed by atoms with Crippen LogP contribution in [0.1, 0.15) is 18.5 Å². The number of nitrogens with one attached hydrogen (secondary N) is 2. The number of nitrogens with zero attached hydrogens (tertiary/aromatic N) is 1. The van der Waals surface area contributed by atoms with Crippen LogP contribution in [0.2, 0.25) is 0 Å². The normalized spacial score (nSPS) is 12.7. The molecule has 0 unspecified atom stereocenters. The van der Waals surface area contributed by atoms with Crippen molar-refractivity contribution in [1.29, 1.82) is 0 Å². The van der Waals surface area contributed by atoms with Gasteiger partial charge in [0.05, 0.1) is 11.7 Å². The summed E-state index contributed by atoms with van der Waals surface area (Å²) in [5.74, 6) is 0. The molecule has 6 nitrogen and oxygen atoms in total. The maximum atomic E-state index is 12.3. The molecule has 0 aliphatic carbocycles. The largest absolute Gasteiger partial charge is 0.331 e. The third-order valence-corrected chi connectivity index (χ3v) is 5.41. The second kappa shape index (κ2) is 7.46. The molecule has 0 bridgehead atoms. The van der Waals surface area contributed by atoms with Gasteiger partial charge in [-0.1, -0.05) is 42.5 Å². The summed E-state index contributed by atoms with van der Waals surface area (Å²) in [4.78, 5) is 12.3. The molecule has 2 aromatic rings. The number of urea groups is 1. The number of hydrogen-bond donors (Lipinski definition) is 2. The van der Waals surface area contributed by atoms with Crippen LogP contribution in [0, 0.1) is 0 Å². The van der Waals surface area contributed by atoms with Gasteiger partial charge in [0.25, 0.3) is 0 Å². The number of amides is 2. The van der Waals surface area contributed by atoms with E-state index in [4.69, 9.17) is 0 Å². The van der Waals surface area contributed by atoms with E-state index in [1.54, 1.807) is 18.2 Å². The Hall–Kier alpha value is -2.38. The quantitative estimate of drug-likeness (QED) is 0.873. The zero-order valence-corrected chi connectivity index (χ0v) is 14.7. The molecule has 24 heavy (non-hydrogen) atoms. The van der Waals surface area contributed by atoms with Gasteiger partial charge in [0.1, 0.15) is 4.90 Å². The van der Waals surface area contributed by atoms with Gasteiger partial charge in [0, 0.05) is 14.1 Å². The molecule has 0 heterocycles. The number of sulfonamides is 1. The Balaban J connectivity index is 2.16. The van der Waals surface area contributed by atoms with Gasteiger partial charge < -0.3 is 10.6 Å². The molecule has 0 aliphatic heterocycles. The summed E-state index contributed by atoms with van der Waals surface area (Å²) in [6.07, 6.45) is 0. The van der Waals surface area contributed by atoms with Crippen molar-refractivity contribution in [3.63, 3.8) is 0 Å². The van der Waals surface area contributed by atoms with E-state index in [-0.39, 0.29) is 16.6 Å². The number of anilines is 1. The standard InChI is InChI=1S/C17H21N3O3S/c1-13(14-9-5-4-6-10-14)18-17(21)19-15-11-7-8-12-16(15)24(22,23)20(2)3/h4-13H,1-3H3,(H2,18,19,21)/t13-/m0/s1. The molecule has 7 heteroatoms. The summed E-state index contributed by atoms with van der Waals surface area (Å²) >= 11 is 0. The molecule has 2 rings (SSSR count). The molecule has 0 saturated carbocycles. The Morgan fingerprint density at radius 3 is 2.21 bits per heavy atom. The maximum absolute atomic E-state index is 12.3. The van der Waals surface area contributed by atoms with Gasteiger partial charge in [0.15, 0.2) is 0 Å². The van der Waals surface area contributed by atoms with E-state index in [2.05, 4.69) is 10.6 Å². The maximum Gasteiger partial charge on any atom is 0.319 e. The second-order valence-corrected chi connectivity index (χ2v) is 7.63. The van der Waals surface area contributed by atoms with Gasteiger partial charge in [-0.25, -0.2) is 17.5 Å². The van der Waals surface area contributed by atoms with E-state index in [1.165, 1.54) is 20.2 Å². The van der Waals surface area contributed by atoms with E-state index in [0.717, 1.165) is 9.87 Å². The highest BCUT2D eigenvalue weighted by Gasteiger charge is 2.22. The van der Waals surface area contributed by atoms with Crippen LogP contribution in [-0.2, 0) is 10.0 Å². The highest BCUT2D eigenvalue weighted by Crippen LogP contribution is 2.23. The lowest BCUT2D eigenvalue weighted by Crippen LogP contribution is -2.32. The SMILES string of the molecule is C[C@H](NC(=O)Nc1ccccc1S(=O)(=O)N(C)C)c1ccccc1. The first-order valence-corrected chi connectivity index (χ1v) is 8.90. The topological polar surface area (TPSA) is 78.5 Å². The monoisotopic (exact) mass is 347 g/mol. The van der Waals surface area contributed by atoms with Crippen LogP contribution in [0.25, 0.3) is 0 Å². The fraction of sp³-hybridized carbons (Fsp3) is 0.235. The summed E-state index contributed by atoms with van der Waals surface area (Å²) in [6, 6.07) is 15.2. The average Bonchev–Trinajstić information content (AvgIpc) is 2.55. The van der Waals surface area contributed by atoms with Crippen molar-refractivity contribution in [3.05, 3.63) is 60.2 Å². The lowest BCUT2D eigenvalue weighted by atomic mass is 10.1. The van der Waals surface area contributed by atoms with E-state index in [9.17, 15) is 13.2 Å². The Labute approximate surface area is 142 Å². The molecule has 0 aliphatic rings. The van der Waals surface area contributed by atoms with E-state index in [0.29, 0.717) is 0 Å². The van der Waals surface area contributed by atoms with Crippen molar-refractivity contribution < 1.29 is 13.2 Å². The number of rotatable bonds is 5. The first-order valence-electron chi connectivity index (χ1n) is 7.46. The molecular formula is C17H21N3O3S. The van der Waals surface area contributed by atoms with Crippen LogP contribution < -0.4 is 10.6 Å². The molecule has 1 atom stereocenters. The number of carbonyl (C=O) groups is 1. The Morgan fingerprint density at radius 2 is 1.58 bits per heavy atom. The van der Waals surface area contributed by atoms with Crippen LogP contribution >= 0.6 is 0 Å². The van der Waals surface area contributed by atoms with E-state index in [1.807, 2.05) is 37.3 Å². The van der Waals surface area contributed by atoms with Crippen LogP contribution in [0.3, 0.4) is 0 Å². The van der Waals surface area contributed by atoms with Crippen LogP contribution in [0.15, 0.2) is 59.5 Å². The number of carbonyl (C=O) groups excluding carboxylic acids is 1. The Kier molecular flexibility index (Phi) is 5.58. The van der Waals surface area contributed by atoms with Crippen molar-refractivity contribution in [3.8, 4) is 0 Å². The number of benzene rings is 2. The van der Waals surface area contributed by atoms with Crippen molar-refractivity contribution in [1.82, 2.24) is 9.62 Å². The fourth-order valence-electron chi connectivity index (χ4n) is 2.17. The molecule has 0 saturated heterocycles. The molecule has 2 amide bonds. The first-order chi connectivity index (χ1) is 11.3. The minimum absolute atomic E-state index is 0.0533. The molecule has 128 valence electrons. The highest BCUT2D eigenvalue weighted by molar-refractivity contribution is 7.89. The minimum Gasteiger partial charge on any atom is -0.331 e. The minimum atomic E-state index is -3.64. The van der Waals surface area contributed by atoms with Gasteiger partial charge >= 0.3 is 6.03 Å². The van der Waals surface area contributed by atoms with Crippen molar-refractivity contribution >= 4 is 21.7 Å². The van der Waals surface area contributed by atoms with E-state index < -0.39 is 16.1 Å². The third kappa shape index (κ3) is 4.12. The van der Waals surface area contributed by atoms with Crippen LogP contribution in [0.4, 0.5) is 10.5 Å². The van der Waals surface area contributed by atoms with Gasteiger partial charge in [-0.15, -0.1) is 0 Å². The summed E-state index contributed by atoms with van der Waals surface area (Å²) < 4.78 is 25.8. The highest BCUT2D eigenvalue weighted by atomic mass is 32.2. The smallest absolute Gasteiger partial charge is 0.319 e. The zero-order valence-electron chi connectivity index (χ0n) is 13.9. The zero-order chi connectivity index (χ0) is 17.7. The average molecular weight is 347 g/mol. The summed E-state index contributed by atoms with van der Waals surface area (Å²) in [5, 5.41) is 5.41. The van der Waals surface area contributed by atoms with Gasteiger partial charge in [-0.05, 0) is 24.6 Å². The Bertz CT molecular complexity index is 805. The van der Waals surface area contributed by atoms with Crippen LogP contribution in [0.5, 0.6) is 0 Å². The molecule has 0 radical (unpaired) electrons. The van der Waals surface area contributed by atoms with Crippen LogP contribution in [-0.4, -0.2) is 32.8 Å². The van der Waals surface area contributed by atoms with Gasteiger partial charge in [0.2, 0.25) is 10.0 Å². The summed E-state index contributed by atoms with van der Waals surface area (Å²) in [7, 11) is -0.747. The molecule has 0 aromatic heterocycles. The molecular weight excluding hydrogens is 326 g/mol. The Morgan fingerprint density at radius 1 is 1.00 bits per heavy atom. The summed E-state index contributed by atoms with van der Waals surface area (Å²) in [6.45, 7) is 1.86. The van der Waals surface area contributed by atoms with E-state index >= 15 is 0 Å². The second-order valence-electron chi connectivity index (χ2n) is 5.51. The number of hydrogen-bond acceptors (Lipinski definition) is 3. The summed E-state index contributed by atoms with van der Waals surface area (Å²) in [5.41, 5.74) is 1.20. The lowest BCUT2D eigenvalue weighted by Gasteiger charge is -2.18. The predicted molar refractivity (Wildman–Crippen MR) is 94.3 cm³/mol. The van der Waals surface area contributed by atoms with Gasteiger partial charge in [-0.3, -0.25) is 0 Å². The first kappa shape index (κ1) is 18.0.